The smallest absolute Gasteiger partial charge is 0.224 e. The van der Waals surface area contributed by atoms with Crippen LogP contribution in [0.5, 0.6) is 0 Å². The molecule has 0 saturated heterocycles. The Labute approximate surface area is 113 Å². The van der Waals surface area contributed by atoms with E-state index >= 15 is 0 Å². The van der Waals surface area contributed by atoms with E-state index in [2.05, 4.69) is 32.6 Å². The highest BCUT2D eigenvalue weighted by Gasteiger charge is 2.27. The maximum Gasteiger partial charge on any atom is 0.224 e. The van der Waals surface area contributed by atoms with Crippen LogP contribution in [0.2, 0.25) is 0 Å². The Morgan fingerprint density at radius 2 is 1.78 bits per heavy atom. The third-order valence-electron chi connectivity index (χ3n) is 3.33. The second-order valence-electron chi connectivity index (χ2n) is 6.47. The molecule has 0 aliphatic carbocycles. The molecule has 2 unspecified atom stereocenters. The number of likely N-dealkylation sites (N-methyl/N-ethyl adjacent to an activating group) is 2. The molecule has 108 valence electrons. The predicted molar refractivity (Wildman–Crippen MR) is 77.5 cm³/mol. The van der Waals surface area contributed by atoms with Gasteiger partial charge in [0.15, 0.2) is 0 Å². The minimum atomic E-state index is -0.0920. The number of hydrogen-bond acceptors (Lipinski definition) is 3. The summed E-state index contributed by atoms with van der Waals surface area (Å²) < 4.78 is 0. The second kappa shape index (κ2) is 7.10. The number of rotatable bonds is 6. The lowest BCUT2D eigenvalue weighted by molar-refractivity contribution is -0.134. The van der Waals surface area contributed by atoms with E-state index in [4.69, 9.17) is 5.73 Å². The molecular weight excluding hydrogens is 226 g/mol. The predicted octanol–water partition coefficient (Wildman–Crippen LogP) is 1.55. The van der Waals surface area contributed by atoms with Gasteiger partial charge in [0.05, 0.1) is 0 Å². The van der Waals surface area contributed by atoms with Crippen LogP contribution in [0.4, 0.5) is 0 Å². The summed E-state index contributed by atoms with van der Waals surface area (Å²) in [5, 5.41) is 0. The van der Waals surface area contributed by atoms with Crippen molar-refractivity contribution in [2.24, 2.45) is 11.1 Å². The lowest BCUT2D eigenvalue weighted by Gasteiger charge is -2.33. The summed E-state index contributed by atoms with van der Waals surface area (Å²) >= 11 is 0. The molecule has 0 saturated carbocycles. The van der Waals surface area contributed by atoms with Crippen molar-refractivity contribution in [3.63, 3.8) is 0 Å². The monoisotopic (exact) mass is 257 g/mol. The molecule has 0 bridgehead atoms. The molecule has 4 nitrogen and oxygen atoms in total. The standard InChI is InChI=1S/C14H31N3O/c1-8-17(11(2)10-16(6)7)13(18)9-12(15)14(3,4)5/h11-12H,8-10,15H2,1-7H3. The quantitative estimate of drug-likeness (QED) is 0.785. The molecule has 0 heterocycles. The Morgan fingerprint density at radius 3 is 2.11 bits per heavy atom. The van der Waals surface area contributed by atoms with Crippen LogP contribution in [0, 0.1) is 5.41 Å². The fraction of sp³-hybridized carbons (Fsp3) is 0.929. The van der Waals surface area contributed by atoms with Gasteiger partial charge in [-0.05, 0) is 33.4 Å². The molecule has 0 fully saturated rings. The van der Waals surface area contributed by atoms with Crippen LogP contribution in [0.1, 0.15) is 41.0 Å². The zero-order chi connectivity index (χ0) is 14.5. The number of hydrogen-bond donors (Lipinski definition) is 1. The summed E-state index contributed by atoms with van der Waals surface area (Å²) in [7, 11) is 4.05. The molecule has 0 aromatic rings. The van der Waals surface area contributed by atoms with Crippen LogP contribution in [-0.2, 0) is 4.79 Å². The molecule has 1 amide bonds. The highest BCUT2D eigenvalue weighted by molar-refractivity contribution is 5.77. The maximum absolute atomic E-state index is 12.3. The van der Waals surface area contributed by atoms with Crippen molar-refractivity contribution in [2.45, 2.75) is 53.1 Å². The van der Waals surface area contributed by atoms with Crippen molar-refractivity contribution in [3.05, 3.63) is 0 Å². The van der Waals surface area contributed by atoms with Gasteiger partial charge in [0.1, 0.15) is 0 Å². The van der Waals surface area contributed by atoms with E-state index in [1.807, 2.05) is 25.9 Å². The van der Waals surface area contributed by atoms with E-state index < -0.39 is 0 Å². The minimum absolute atomic E-state index is 0.0279. The summed E-state index contributed by atoms with van der Waals surface area (Å²) in [6, 6.07) is 0.135. The van der Waals surface area contributed by atoms with Gasteiger partial charge in [0.2, 0.25) is 5.91 Å². The van der Waals surface area contributed by atoms with Gasteiger partial charge < -0.3 is 15.5 Å². The molecule has 0 aliphatic rings. The van der Waals surface area contributed by atoms with E-state index in [0.717, 1.165) is 13.1 Å². The normalized spacial score (nSPS) is 15.6. The van der Waals surface area contributed by atoms with Crippen molar-refractivity contribution >= 4 is 5.91 Å². The molecule has 0 aliphatic heterocycles. The molecule has 0 spiro atoms. The van der Waals surface area contributed by atoms with Crippen molar-refractivity contribution in [2.75, 3.05) is 27.2 Å². The van der Waals surface area contributed by atoms with Gasteiger partial charge >= 0.3 is 0 Å². The number of nitrogens with two attached hydrogens (primary N) is 1. The van der Waals surface area contributed by atoms with Crippen LogP contribution in [0.3, 0.4) is 0 Å². The van der Waals surface area contributed by atoms with Crippen LogP contribution in [0.15, 0.2) is 0 Å². The summed E-state index contributed by atoms with van der Waals surface area (Å²) in [6.45, 7) is 11.9. The molecule has 2 N–H and O–H groups in total. The third kappa shape index (κ3) is 5.83. The van der Waals surface area contributed by atoms with Crippen LogP contribution < -0.4 is 5.73 Å². The van der Waals surface area contributed by atoms with Crippen molar-refractivity contribution in [3.8, 4) is 0 Å². The number of carbonyl (C=O) groups is 1. The highest BCUT2D eigenvalue weighted by atomic mass is 16.2. The van der Waals surface area contributed by atoms with Gasteiger partial charge in [-0.15, -0.1) is 0 Å². The first-order valence-corrected chi connectivity index (χ1v) is 6.79. The molecular formula is C14H31N3O. The zero-order valence-electron chi connectivity index (χ0n) is 13.2. The zero-order valence-corrected chi connectivity index (χ0v) is 13.2. The average Bonchev–Trinajstić information content (AvgIpc) is 2.15. The van der Waals surface area contributed by atoms with Gasteiger partial charge in [-0.2, -0.15) is 0 Å². The first-order valence-electron chi connectivity index (χ1n) is 6.79. The lowest BCUT2D eigenvalue weighted by Crippen LogP contribution is -2.47. The van der Waals surface area contributed by atoms with Gasteiger partial charge in [0.25, 0.3) is 0 Å². The maximum atomic E-state index is 12.3. The lowest BCUT2D eigenvalue weighted by atomic mass is 9.85. The Hall–Kier alpha value is -0.610. The van der Waals surface area contributed by atoms with E-state index in [1.165, 1.54) is 0 Å². The van der Waals surface area contributed by atoms with Gasteiger partial charge in [-0.25, -0.2) is 0 Å². The SMILES string of the molecule is CCN(C(=O)CC(N)C(C)(C)C)C(C)CN(C)C. The van der Waals surface area contributed by atoms with Gasteiger partial charge in [0, 0.05) is 31.6 Å². The Morgan fingerprint density at radius 1 is 1.28 bits per heavy atom. The van der Waals surface area contributed by atoms with Crippen molar-refractivity contribution in [1.29, 1.82) is 0 Å². The van der Waals surface area contributed by atoms with E-state index in [9.17, 15) is 4.79 Å². The number of amides is 1. The number of nitrogens with zero attached hydrogens (tertiary/aromatic N) is 2. The molecule has 2 atom stereocenters. The minimum Gasteiger partial charge on any atom is -0.339 e. The molecule has 0 rings (SSSR count). The highest BCUT2D eigenvalue weighted by Crippen LogP contribution is 2.20. The fourth-order valence-corrected chi connectivity index (χ4v) is 1.97. The number of carbonyl (C=O) groups excluding carboxylic acids is 1. The summed E-state index contributed by atoms with van der Waals surface area (Å²) in [5.41, 5.74) is 6.06. The Bertz CT molecular complexity index is 258. The molecule has 0 radical (unpaired) electrons. The van der Waals surface area contributed by atoms with Crippen LogP contribution in [-0.4, -0.2) is 55.0 Å². The fourth-order valence-electron chi connectivity index (χ4n) is 1.97. The largest absolute Gasteiger partial charge is 0.339 e. The van der Waals surface area contributed by atoms with E-state index in [1.54, 1.807) is 0 Å². The first kappa shape index (κ1) is 17.4. The molecule has 4 heteroatoms. The van der Waals surface area contributed by atoms with Gasteiger partial charge in [-0.3, -0.25) is 4.79 Å². The summed E-state index contributed by atoms with van der Waals surface area (Å²) in [6.07, 6.45) is 0.426. The topological polar surface area (TPSA) is 49.6 Å². The van der Waals surface area contributed by atoms with Crippen molar-refractivity contribution < 1.29 is 4.79 Å². The van der Waals surface area contributed by atoms with Crippen LogP contribution in [0.25, 0.3) is 0 Å². The van der Waals surface area contributed by atoms with Crippen molar-refractivity contribution in [1.82, 2.24) is 9.80 Å². The van der Waals surface area contributed by atoms with E-state index in [-0.39, 0.29) is 23.4 Å². The van der Waals surface area contributed by atoms with Crippen LogP contribution >= 0.6 is 0 Å². The van der Waals surface area contributed by atoms with E-state index in [0.29, 0.717) is 6.42 Å². The molecule has 18 heavy (non-hydrogen) atoms. The second-order valence-corrected chi connectivity index (χ2v) is 6.47. The molecule has 0 aromatic carbocycles. The average molecular weight is 257 g/mol. The third-order valence-corrected chi connectivity index (χ3v) is 3.33. The summed E-state index contributed by atoms with van der Waals surface area (Å²) in [4.78, 5) is 16.3. The Kier molecular flexibility index (Phi) is 6.86. The Balaban J connectivity index is 4.53. The first-order chi connectivity index (χ1) is 8.09. The van der Waals surface area contributed by atoms with Gasteiger partial charge in [-0.1, -0.05) is 20.8 Å². The summed E-state index contributed by atoms with van der Waals surface area (Å²) in [5.74, 6) is 0.161. The molecule has 0 aromatic heterocycles.